The molecule has 1 aromatic rings. The van der Waals surface area contributed by atoms with Gasteiger partial charge in [-0.1, -0.05) is 0 Å². The highest BCUT2D eigenvalue weighted by molar-refractivity contribution is 5.96. The van der Waals surface area contributed by atoms with Crippen LogP contribution in [0.1, 0.15) is 28.8 Å². The highest BCUT2D eigenvalue weighted by Gasteiger charge is 2.50. The summed E-state index contributed by atoms with van der Waals surface area (Å²) in [4.78, 5) is 23.3. The van der Waals surface area contributed by atoms with Gasteiger partial charge in [-0.25, -0.2) is 0 Å². The first kappa shape index (κ1) is 15.2. The third kappa shape index (κ3) is 2.94. The van der Waals surface area contributed by atoms with Crippen molar-refractivity contribution in [3.8, 4) is 11.5 Å². The van der Waals surface area contributed by atoms with E-state index in [2.05, 4.69) is 5.32 Å². The number of amides is 1. The monoisotopic (exact) mass is 293 g/mol. The van der Waals surface area contributed by atoms with Crippen LogP contribution >= 0.6 is 0 Å². The first-order chi connectivity index (χ1) is 9.93. The Morgan fingerprint density at radius 3 is 2.29 bits per heavy atom. The maximum absolute atomic E-state index is 12.2. The molecule has 0 heterocycles. The van der Waals surface area contributed by atoms with Gasteiger partial charge in [0.1, 0.15) is 0 Å². The van der Waals surface area contributed by atoms with Crippen molar-refractivity contribution in [2.75, 3.05) is 20.8 Å². The summed E-state index contributed by atoms with van der Waals surface area (Å²) in [6.07, 6.45) is 1.21. The van der Waals surface area contributed by atoms with Crippen molar-refractivity contribution in [1.29, 1.82) is 0 Å². The molecule has 21 heavy (non-hydrogen) atoms. The largest absolute Gasteiger partial charge is 0.493 e. The predicted octanol–water partition coefficient (Wildman–Crippen LogP) is 1.61. The van der Waals surface area contributed by atoms with Crippen LogP contribution in [0.2, 0.25) is 0 Å². The lowest BCUT2D eigenvalue weighted by Gasteiger charge is -2.14. The molecule has 2 N–H and O–H groups in total. The first-order valence-corrected chi connectivity index (χ1v) is 6.68. The Bertz CT molecular complexity index is 578. The number of rotatable bonds is 6. The third-order valence-electron chi connectivity index (χ3n) is 3.87. The topological polar surface area (TPSA) is 84.9 Å². The second kappa shape index (κ2) is 5.63. The summed E-state index contributed by atoms with van der Waals surface area (Å²) in [5.41, 5.74) is 0.416. The molecule has 0 aromatic heterocycles. The normalized spacial score (nSPS) is 15.2. The number of hydrogen-bond donors (Lipinski definition) is 2. The van der Waals surface area contributed by atoms with Crippen LogP contribution in [0.5, 0.6) is 11.5 Å². The van der Waals surface area contributed by atoms with E-state index in [0.717, 1.165) is 5.56 Å². The van der Waals surface area contributed by atoms with Gasteiger partial charge in [-0.05, 0) is 37.5 Å². The molecule has 2 rings (SSSR count). The Morgan fingerprint density at radius 1 is 1.24 bits per heavy atom. The van der Waals surface area contributed by atoms with E-state index in [1.807, 2.05) is 0 Å². The van der Waals surface area contributed by atoms with Gasteiger partial charge < -0.3 is 19.9 Å². The molecule has 6 nitrogen and oxygen atoms in total. The minimum Gasteiger partial charge on any atom is -0.493 e. The van der Waals surface area contributed by atoms with E-state index in [1.165, 1.54) is 14.2 Å². The Morgan fingerprint density at radius 2 is 1.81 bits per heavy atom. The highest BCUT2D eigenvalue weighted by atomic mass is 16.5. The van der Waals surface area contributed by atoms with Crippen LogP contribution in [0.25, 0.3) is 0 Å². The van der Waals surface area contributed by atoms with Gasteiger partial charge in [0.25, 0.3) is 5.91 Å². The minimum absolute atomic E-state index is 0.148. The van der Waals surface area contributed by atoms with E-state index in [0.29, 0.717) is 29.9 Å². The van der Waals surface area contributed by atoms with Gasteiger partial charge in [0.15, 0.2) is 11.5 Å². The van der Waals surface area contributed by atoms with E-state index in [1.54, 1.807) is 19.1 Å². The summed E-state index contributed by atoms with van der Waals surface area (Å²) >= 11 is 0. The van der Waals surface area contributed by atoms with Gasteiger partial charge in [-0.3, -0.25) is 9.59 Å². The number of benzene rings is 1. The van der Waals surface area contributed by atoms with Crippen LogP contribution in [0, 0.1) is 12.3 Å². The zero-order chi connectivity index (χ0) is 15.6. The number of methoxy groups -OCH3 is 2. The second-order valence-electron chi connectivity index (χ2n) is 5.29. The number of aryl methyl sites for hydroxylation is 1. The van der Waals surface area contributed by atoms with Crippen molar-refractivity contribution >= 4 is 11.9 Å². The summed E-state index contributed by atoms with van der Waals surface area (Å²) in [7, 11) is 3.03. The maximum Gasteiger partial charge on any atom is 0.311 e. The molecule has 1 aromatic carbocycles. The number of carbonyl (C=O) groups excluding carboxylic acids is 1. The molecule has 1 amide bonds. The smallest absolute Gasteiger partial charge is 0.311 e. The van der Waals surface area contributed by atoms with Crippen molar-refractivity contribution in [3.05, 3.63) is 23.3 Å². The molecule has 1 aliphatic rings. The Balaban J connectivity index is 2.14. The Labute approximate surface area is 123 Å². The number of hydrogen-bond acceptors (Lipinski definition) is 4. The standard InChI is InChI=1S/C15H19NO5/c1-9-6-11(20-2)12(21-3)7-10(9)13(17)16-8-15(4-5-15)14(18)19/h6-7H,4-5,8H2,1-3H3,(H,16,17)(H,18,19). The van der Waals surface area contributed by atoms with Crippen molar-refractivity contribution in [2.45, 2.75) is 19.8 Å². The fourth-order valence-electron chi connectivity index (χ4n) is 2.19. The average molecular weight is 293 g/mol. The molecule has 1 saturated carbocycles. The third-order valence-corrected chi connectivity index (χ3v) is 3.87. The van der Waals surface area contributed by atoms with E-state index in [-0.39, 0.29) is 12.5 Å². The van der Waals surface area contributed by atoms with Gasteiger partial charge in [0, 0.05) is 12.1 Å². The second-order valence-corrected chi connectivity index (χ2v) is 5.29. The SMILES string of the molecule is COc1cc(C)c(C(=O)NCC2(C(=O)O)CC2)cc1OC. The number of carboxylic acids is 1. The summed E-state index contributed by atoms with van der Waals surface area (Å²) in [5.74, 6) is -0.142. The van der Waals surface area contributed by atoms with Gasteiger partial charge in [-0.2, -0.15) is 0 Å². The first-order valence-electron chi connectivity index (χ1n) is 6.68. The van der Waals surface area contributed by atoms with E-state index >= 15 is 0 Å². The predicted molar refractivity (Wildman–Crippen MR) is 75.9 cm³/mol. The molecular weight excluding hydrogens is 274 g/mol. The van der Waals surface area contributed by atoms with Crippen molar-refractivity contribution in [2.24, 2.45) is 5.41 Å². The number of carboxylic acid groups (broad SMARTS) is 1. The number of aliphatic carboxylic acids is 1. The van der Waals surface area contributed by atoms with Crippen LogP contribution in [-0.2, 0) is 4.79 Å². The van der Waals surface area contributed by atoms with Gasteiger partial charge in [0.05, 0.1) is 19.6 Å². The maximum atomic E-state index is 12.2. The molecule has 0 saturated heterocycles. The van der Waals surface area contributed by atoms with Crippen LogP contribution < -0.4 is 14.8 Å². The van der Waals surface area contributed by atoms with Gasteiger partial charge in [0.2, 0.25) is 0 Å². The van der Waals surface area contributed by atoms with Crippen molar-refractivity contribution in [1.82, 2.24) is 5.32 Å². The molecule has 0 radical (unpaired) electrons. The summed E-state index contributed by atoms with van der Waals surface area (Å²) in [5, 5.41) is 11.8. The molecule has 0 atom stereocenters. The molecule has 6 heteroatoms. The summed E-state index contributed by atoms with van der Waals surface area (Å²) in [6.45, 7) is 1.94. The number of ether oxygens (including phenoxy) is 2. The minimum atomic E-state index is -0.855. The lowest BCUT2D eigenvalue weighted by atomic mass is 10.1. The van der Waals surface area contributed by atoms with Gasteiger partial charge in [-0.15, -0.1) is 0 Å². The van der Waals surface area contributed by atoms with Crippen LogP contribution in [-0.4, -0.2) is 37.7 Å². The zero-order valence-corrected chi connectivity index (χ0v) is 12.4. The Hall–Kier alpha value is -2.24. The van der Waals surface area contributed by atoms with Crippen LogP contribution in [0.15, 0.2) is 12.1 Å². The quantitative estimate of drug-likeness (QED) is 0.832. The molecular formula is C15H19NO5. The Kier molecular flexibility index (Phi) is 4.06. The molecule has 1 aliphatic carbocycles. The average Bonchev–Trinajstić information content (AvgIpc) is 3.25. The zero-order valence-electron chi connectivity index (χ0n) is 12.4. The number of carbonyl (C=O) groups is 2. The van der Waals surface area contributed by atoms with Crippen LogP contribution in [0.3, 0.4) is 0 Å². The fraction of sp³-hybridized carbons (Fsp3) is 0.467. The summed E-state index contributed by atoms with van der Waals surface area (Å²) in [6, 6.07) is 3.32. The molecule has 1 fully saturated rings. The highest BCUT2D eigenvalue weighted by Crippen LogP contribution is 2.45. The van der Waals surface area contributed by atoms with Crippen molar-refractivity contribution in [3.63, 3.8) is 0 Å². The molecule has 0 spiro atoms. The molecule has 0 bridgehead atoms. The lowest BCUT2D eigenvalue weighted by molar-refractivity contribution is -0.143. The van der Waals surface area contributed by atoms with Crippen LogP contribution in [0.4, 0.5) is 0 Å². The number of nitrogens with one attached hydrogen (secondary N) is 1. The van der Waals surface area contributed by atoms with Gasteiger partial charge >= 0.3 is 5.97 Å². The molecule has 114 valence electrons. The van der Waals surface area contributed by atoms with E-state index in [9.17, 15) is 9.59 Å². The van der Waals surface area contributed by atoms with Crippen molar-refractivity contribution < 1.29 is 24.2 Å². The van der Waals surface area contributed by atoms with E-state index in [4.69, 9.17) is 14.6 Å². The molecule has 0 unspecified atom stereocenters. The van der Waals surface area contributed by atoms with E-state index < -0.39 is 11.4 Å². The summed E-state index contributed by atoms with van der Waals surface area (Å²) < 4.78 is 10.4. The molecule has 0 aliphatic heterocycles. The lowest BCUT2D eigenvalue weighted by Crippen LogP contribution is -2.34. The fourth-order valence-corrected chi connectivity index (χ4v) is 2.19.